The maximum absolute atomic E-state index is 5.79. The maximum atomic E-state index is 5.79. The first-order valence-electron chi connectivity index (χ1n) is 5.76. The molecule has 0 aromatic heterocycles. The lowest BCUT2D eigenvalue weighted by atomic mass is 10.3. The van der Waals surface area contributed by atoms with Gasteiger partial charge in [-0.3, -0.25) is 0 Å². The summed E-state index contributed by atoms with van der Waals surface area (Å²) in [6.45, 7) is 5.02. The molecule has 0 bridgehead atoms. The van der Waals surface area contributed by atoms with Crippen LogP contribution < -0.4 is 0 Å². The second-order valence-corrected chi connectivity index (χ2v) is 4.34. The lowest BCUT2D eigenvalue weighted by Crippen LogP contribution is -2.24. The molecule has 0 saturated carbocycles. The molecule has 88 valence electrons. The van der Waals surface area contributed by atoms with E-state index in [0.717, 1.165) is 32.3 Å². The summed E-state index contributed by atoms with van der Waals surface area (Å²) in [7, 11) is 0. The molecule has 0 aromatic carbocycles. The zero-order valence-electron chi connectivity index (χ0n) is 9.67. The lowest BCUT2D eigenvalue weighted by molar-refractivity contribution is -0.146. The van der Waals surface area contributed by atoms with Crippen LogP contribution in [0.4, 0.5) is 0 Å². The van der Waals surface area contributed by atoms with E-state index in [1.165, 1.54) is 5.57 Å². The zero-order chi connectivity index (χ0) is 11.1. The molecule has 0 saturated heterocycles. The first kappa shape index (κ1) is 13.0. The van der Waals surface area contributed by atoms with Gasteiger partial charge in [-0.15, -0.1) is 11.6 Å². The van der Waals surface area contributed by atoms with E-state index in [-0.39, 0.29) is 12.4 Å². The second kappa shape index (κ2) is 7.26. The van der Waals surface area contributed by atoms with Gasteiger partial charge in [0, 0.05) is 6.61 Å². The van der Waals surface area contributed by atoms with Crippen LogP contribution >= 0.6 is 11.6 Å². The van der Waals surface area contributed by atoms with E-state index in [1.54, 1.807) is 0 Å². The SMILES string of the molecule is CCCCOC(CCl)OC1C=C(C)CC1. The summed E-state index contributed by atoms with van der Waals surface area (Å²) in [5, 5.41) is 0. The average molecular weight is 233 g/mol. The number of rotatable bonds is 7. The number of ether oxygens (including phenoxy) is 2. The van der Waals surface area contributed by atoms with Crippen molar-refractivity contribution < 1.29 is 9.47 Å². The number of alkyl halides is 1. The highest BCUT2D eigenvalue weighted by Crippen LogP contribution is 2.21. The minimum absolute atomic E-state index is 0.204. The van der Waals surface area contributed by atoms with Gasteiger partial charge in [-0.05, 0) is 26.2 Å². The van der Waals surface area contributed by atoms with E-state index in [2.05, 4.69) is 19.9 Å². The number of hydrogen-bond donors (Lipinski definition) is 0. The summed E-state index contributed by atoms with van der Waals surface area (Å²) in [6.07, 6.45) is 6.53. The summed E-state index contributed by atoms with van der Waals surface area (Å²) in [4.78, 5) is 0. The largest absolute Gasteiger partial charge is 0.351 e. The fraction of sp³-hybridized carbons (Fsp3) is 0.833. The van der Waals surface area contributed by atoms with Crippen molar-refractivity contribution in [1.29, 1.82) is 0 Å². The molecule has 2 nitrogen and oxygen atoms in total. The molecule has 1 aliphatic carbocycles. The van der Waals surface area contributed by atoms with Gasteiger partial charge < -0.3 is 9.47 Å². The van der Waals surface area contributed by atoms with Crippen molar-refractivity contribution >= 4 is 11.6 Å². The van der Waals surface area contributed by atoms with Crippen LogP contribution in [0.5, 0.6) is 0 Å². The van der Waals surface area contributed by atoms with Gasteiger partial charge in [-0.2, -0.15) is 0 Å². The Morgan fingerprint density at radius 1 is 1.60 bits per heavy atom. The van der Waals surface area contributed by atoms with Crippen LogP contribution in [-0.4, -0.2) is 24.9 Å². The van der Waals surface area contributed by atoms with Crippen molar-refractivity contribution in [2.45, 2.75) is 51.9 Å². The predicted octanol–water partition coefficient (Wildman–Crippen LogP) is 3.49. The van der Waals surface area contributed by atoms with E-state index < -0.39 is 0 Å². The molecule has 0 fully saturated rings. The fourth-order valence-corrected chi connectivity index (χ4v) is 1.80. The third-order valence-corrected chi connectivity index (χ3v) is 2.80. The number of halogens is 1. The van der Waals surface area contributed by atoms with E-state index in [9.17, 15) is 0 Å². The van der Waals surface area contributed by atoms with E-state index in [0.29, 0.717) is 5.88 Å². The second-order valence-electron chi connectivity index (χ2n) is 4.03. The quantitative estimate of drug-likeness (QED) is 0.290. The molecule has 0 spiro atoms. The van der Waals surface area contributed by atoms with Gasteiger partial charge in [-0.25, -0.2) is 0 Å². The third-order valence-electron chi connectivity index (χ3n) is 2.55. The Kier molecular flexibility index (Phi) is 6.30. The van der Waals surface area contributed by atoms with Gasteiger partial charge in [-0.1, -0.05) is 25.0 Å². The van der Waals surface area contributed by atoms with Crippen LogP contribution in [0.15, 0.2) is 11.6 Å². The monoisotopic (exact) mass is 232 g/mol. The Labute approximate surface area is 97.6 Å². The van der Waals surface area contributed by atoms with E-state index in [4.69, 9.17) is 21.1 Å². The summed E-state index contributed by atoms with van der Waals surface area (Å²) >= 11 is 5.79. The molecule has 2 atom stereocenters. The first-order chi connectivity index (χ1) is 7.26. The smallest absolute Gasteiger partial charge is 0.171 e. The van der Waals surface area contributed by atoms with Crippen molar-refractivity contribution in [2.24, 2.45) is 0 Å². The number of unbranched alkanes of at least 4 members (excludes halogenated alkanes) is 1. The summed E-state index contributed by atoms with van der Waals surface area (Å²) < 4.78 is 11.3. The topological polar surface area (TPSA) is 18.5 Å². The molecule has 2 unspecified atom stereocenters. The summed E-state index contributed by atoms with van der Waals surface area (Å²) in [5.41, 5.74) is 1.40. The van der Waals surface area contributed by atoms with Crippen LogP contribution in [0.2, 0.25) is 0 Å². The van der Waals surface area contributed by atoms with Crippen LogP contribution in [0.1, 0.15) is 39.5 Å². The van der Waals surface area contributed by atoms with Gasteiger partial charge in [0.1, 0.15) is 0 Å². The molecule has 15 heavy (non-hydrogen) atoms. The fourth-order valence-electron chi connectivity index (χ4n) is 1.64. The highest BCUT2D eigenvalue weighted by Gasteiger charge is 2.18. The molecule has 0 N–H and O–H groups in total. The molecule has 0 heterocycles. The van der Waals surface area contributed by atoms with Gasteiger partial charge in [0.2, 0.25) is 0 Å². The highest BCUT2D eigenvalue weighted by atomic mass is 35.5. The molecule has 0 aromatic rings. The van der Waals surface area contributed by atoms with Crippen LogP contribution in [0, 0.1) is 0 Å². The minimum atomic E-state index is -0.245. The predicted molar refractivity (Wildman–Crippen MR) is 63.2 cm³/mol. The summed E-state index contributed by atoms with van der Waals surface area (Å²) in [5.74, 6) is 0.410. The van der Waals surface area contributed by atoms with Gasteiger partial charge in [0.25, 0.3) is 0 Å². The number of allylic oxidation sites excluding steroid dienone is 1. The Morgan fingerprint density at radius 2 is 2.40 bits per heavy atom. The Hall–Kier alpha value is -0.0500. The molecular formula is C12H21ClO2. The Balaban J connectivity index is 2.21. The van der Waals surface area contributed by atoms with Gasteiger partial charge >= 0.3 is 0 Å². The van der Waals surface area contributed by atoms with Crippen molar-refractivity contribution in [1.82, 2.24) is 0 Å². The van der Waals surface area contributed by atoms with Crippen molar-refractivity contribution in [2.75, 3.05) is 12.5 Å². The molecular weight excluding hydrogens is 212 g/mol. The summed E-state index contributed by atoms with van der Waals surface area (Å²) in [6, 6.07) is 0. The van der Waals surface area contributed by atoms with Gasteiger partial charge in [0.15, 0.2) is 6.29 Å². The van der Waals surface area contributed by atoms with Crippen LogP contribution in [0.25, 0.3) is 0 Å². The van der Waals surface area contributed by atoms with Crippen molar-refractivity contribution in [3.63, 3.8) is 0 Å². The minimum Gasteiger partial charge on any atom is -0.351 e. The highest BCUT2D eigenvalue weighted by molar-refractivity contribution is 6.18. The number of hydrogen-bond acceptors (Lipinski definition) is 2. The van der Waals surface area contributed by atoms with Gasteiger partial charge in [0.05, 0.1) is 12.0 Å². The lowest BCUT2D eigenvalue weighted by Gasteiger charge is -2.19. The maximum Gasteiger partial charge on any atom is 0.171 e. The third kappa shape index (κ3) is 5.01. The first-order valence-corrected chi connectivity index (χ1v) is 6.30. The molecule has 0 amide bonds. The Morgan fingerprint density at radius 3 is 2.93 bits per heavy atom. The van der Waals surface area contributed by atoms with Crippen LogP contribution in [-0.2, 0) is 9.47 Å². The van der Waals surface area contributed by atoms with Crippen molar-refractivity contribution in [3.8, 4) is 0 Å². The average Bonchev–Trinajstić information content (AvgIpc) is 2.63. The zero-order valence-corrected chi connectivity index (χ0v) is 10.4. The normalized spacial score (nSPS) is 22.9. The van der Waals surface area contributed by atoms with E-state index in [1.807, 2.05) is 0 Å². The standard InChI is InChI=1S/C12H21ClO2/c1-3-4-7-14-12(9-13)15-11-6-5-10(2)8-11/h8,11-12H,3-7,9H2,1-2H3. The van der Waals surface area contributed by atoms with Crippen molar-refractivity contribution in [3.05, 3.63) is 11.6 Å². The molecule has 1 rings (SSSR count). The van der Waals surface area contributed by atoms with E-state index >= 15 is 0 Å². The molecule has 3 heteroatoms. The molecule has 0 aliphatic heterocycles. The van der Waals surface area contributed by atoms with Crippen LogP contribution in [0.3, 0.4) is 0 Å². The molecule has 1 aliphatic rings. The Bertz CT molecular complexity index is 204. The molecule has 0 radical (unpaired) electrons.